The Bertz CT molecular complexity index is 351. The minimum Gasteiger partial charge on any atom is -0.379 e. The van der Waals surface area contributed by atoms with Crippen molar-refractivity contribution in [2.75, 3.05) is 12.3 Å². The molecule has 0 unspecified atom stereocenters. The van der Waals surface area contributed by atoms with Crippen LogP contribution in [0.3, 0.4) is 0 Å². The third-order valence-electron chi connectivity index (χ3n) is 1.98. The number of nitrogens with one attached hydrogen (secondary N) is 1. The third kappa shape index (κ3) is 2.17. The quantitative estimate of drug-likeness (QED) is 0.592. The molecule has 0 atom stereocenters. The van der Waals surface area contributed by atoms with E-state index in [1.165, 1.54) is 0 Å². The molecule has 1 saturated heterocycles. The Kier molecular flexibility index (Phi) is 2.89. The summed E-state index contributed by atoms with van der Waals surface area (Å²) >= 11 is 1.69. The lowest BCUT2D eigenvalue weighted by molar-refractivity contribution is 0.104. The van der Waals surface area contributed by atoms with Crippen LogP contribution >= 0.6 is 11.8 Å². The Morgan fingerprint density at radius 3 is 2.79 bits per heavy atom. The van der Waals surface area contributed by atoms with Gasteiger partial charge in [-0.15, -0.1) is 11.8 Å². The zero-order valence-corrected chi connectivity index (χ0v) is 8.51. The summed E-state index contributed by atoms with van der Waals surface area (Å²) in [7, 11) is 0. The monoisotopic (exact) mass is 205 g/mol. The molecule has 0 radical (unpaired) electrons. The van der Waals surface area contributed by atoms with E-state index in [0.29, 0.717) is 0 Å². The third-order valence-corrected chi connectivity index (χ3v) is 2.96. The number of hydrogen-bond donors (Lipinski definition) is 1. The van der Waals surface area contributed by atoms with Crippen molar-refractivity contribution in [3.8, 4) is 0 Å². The van der Waals surface area contributed by atoms with Crippen LogP contribution in [0.2, 0.25) is 0 Å². The first-order valence-corrected chi connectivity index (χ1v) is 5.52. The Hall–Kier alpha value is -1.22. The highest BCUT2D eigenvalue weighted by molar-refractivity contribution is 8.03. The van der Waals surface area contributed by atoms with Crippen molar-refractivity contribution in [2.45, 2.75) is 0 Å². The van der Waals surface area contributed by atoms with Gasteiger partial charge < -0.3 is 5.32 Å². The molecule has 0 bridgehead atoms. The Balaban J connectivity index is 2.13. The van der Waals surface area contributed by atoms with Crippen LogP contribution in [0.25, 0.3) is 0 Å². The summed E-state index contributed by atoms with van der Waals surface area (Å²) in [6, 6.07) is 9.33. The van der Waals surface area contributed by atoms with Gasteiger partial charge >= 0.3 is 0 Å². The van der Waals surface area contributed by atoms with Gasteiger partial charge in [0, 0.05) is 23.9 Å². The van der Waals surface area contributed by atoms with Gasteiger partial charge in [0.1, 0.15) is 0 Å². The van der Waals surface area contributed by atoms with Crippen LogP contribution in [-0.2, 0) is 0 Å². The predicted molar refractivity (Wildman–Crippen MR) is 59.3 cm³/mol. The van der Waals surface area contributed by atoms with Crippen molar-refractivity contribution >= 4 is 17.5 Å². The molecule has 1 heterocycles. The molecule has 0 aromatic heterocycles. The Labute approximate surface area is 87.4 Å². The first kappa shape index (κ1) is 9.34. The molecular formula is C11H11NOS. The molecule has 0 amide bonds. The summed E-state index contributed by atoms with van der Waals surface area (Å²) in [4.78, 5) is 11.7. The number of carbonyl (C=O) groups is 1. The summed E-state index contributed by atoms with van der Waals surface area (Å²) in [5.74, 6) is 1.12. The molecule has 1 aromatic carbocycles. The van der Waals surface area contributed by atoms with Crippen molar-refractivity contribution < 1.29 is 4.79 Å². The lowest BCUT2D eigenvalue weighted by atomic mass is 10.1. The van der Waals surface area contributed by atoms with Gasteiger partial charge in [0.05, 0.1) is 5.03 Å². The Morgan fingerprint density at radius 1 is 1.36 bits per heavy atom. The average molecular weight is 205 g/mol. The highest BCUT2D eigenvalue weighted by atomic mass is 32.2. The van der Waals surface area contributed by atoms with E-state index in [9.17, 15) is 4.79 Å². The van der Waals surface area contributed by atoms with Gasteiger partial charge in [-0.05, 0) is 0 Å². The van der Waals surface area contributed by atoms with Gasteiger partial charge in [0.15, 0.2) is 5.78 Å². The van der Waals surface area contributed by atoms with Gasteiger partial charge in [-0.2, -0.15) is 0 Å². The van der Waals surface area contributed by atoms with E-state index >= 15 is 0 Å². The zero-order valence-electron chi connectivity index (χ0n) is 7.69. The second kappa shape index (κ2) is 4.33. The summed E-state index contributed by atoms with van der Waals surface area (Å²) in [5, 5.41) is 4.15. The van der Waals surface area contributed by atoms with Crippen molar-refractivity contribution in [3.63, 3.8) is 0 Å². The van der Waals surface area contributed by atoms with Gasteiger partial charge in [0.2, 0.25) is 0 Å². The second-order valence-electron chi connectivity index (χ2n) is 3.01. The van der Waals surface area contributed by atoms with Crippen LogP contribution in [0.4, 0.5) is 0 Å². The minimum atomic E-state index is 0.0718. The van der Waals surface area contributed by atoms with E-state index in [0.717, 1.165) is 22.9 Å². The fraction of sp³-hybridized carbons (Fsp3) is 0.182. The molecule has 1 aliphatic heterocycles. The SMILES string of the molecule is O=C(C=C1NCCS1)c1ccccc1. The van der Waals surface area contributed by atoms with E-state index in [4.69, 9.17) is 0 Å². The zero-order chi connectivity index (χ0) is 9.80. The summed E-state index contributed by atoms with van der Waals surface area (Å²) in [6.45, 7) is 0.957. The van der Waals surface area contributed by atoms with Crippen LogP contribution in [0.15, 0.2) is 41.4 Å². The second-order valence-corrected chi connectivity index (χ2v) is 4.15. The highest BCUT2D eigenvalue weighted by Crippen LogP contribution is 2.18. The summed E-state index contributed by atoms with van der Waals surface area (Å²) in [6.07, 6.45) is 1.67. The molecule has 2 nitrogen and oxygen atoms in total. The van der Waals surface area contributed by atoms with Crippen LogP contribution < -0.4 is 5.32 Å². The normalized spacial score (nSPS) is 18.1. The highest BCUT2D eigenvalue weighted by Gasteiger charge is 2.08. The number of rotatable bonds is 2. The molecule has 0 spiro atoms. The molecule has 1 N–H and O–H groups in total. The standard InChI is InChI=1S/C11H11NOS/c13-10(8-11-12-6-7-14-11)9-4-2-1-3-5-9/h1-5,8,12H,6-7H2. The van der Waals surface area contributed by atoms with Gasteiger partial charge in [-0.1, -0.05) is 30.3 Å². The molecular weight excluding hydrogens is 194 g/mol. The van der Waals surface area contributed by atoms with Crippen LogP contribution in [0.1, 0.15) is 10.4 Å². The molecule has 2 rings (SSSR count). The number of carbonyl (C=O) groups excluding carboxylic acids is 1. The summed E-state index contributed by atoms with van der Waals surface area (Å²) < 4.78 is 0. The van der Waals surface area contributed by atoms with Crippen LogP contribution in [-0.4, -0.2) is 18.1 Å². The van der Waals surface area contributed by atoms with E-state index in [2.05, 4.69) is 5.32 Å². The average Bonchev–Trinajstić information content (AvgIpc) is 2.72. The molecule has 0 saturated carbocycles. The fourth-order valence-corrected chi connectivity index (χ4v) is 2.10. The number of benzene rings is 1. The number of hydrogen-bond acceptors (Lipinski definition) is 3. The number of allylic oxidation sites excluding steroid dienone is 1. The fourth-order valence-electron chi connectivity index (χ4n) is 1.28. The smallest absolute Gasteiger partial charge is 0.188 e. The lowest BCUT2D eigenvalue weighted by Crippen LogP contribution is -2.06. The van der Waals surface area contributed by atoms with E-state index in [-0.39, 0.29) is 5.78 Å². The van der Waals surface area contributed by atoms with Gasteiger partial charge in [0.25, 0.3) is 0 Å². The first-order chi connectivity index (χ1) is 6.86. The first-order valence-electron chi connectivity index (χ1n) is 4.54. The largest absolute Gasteiger partial charge is 0.379 e. The van der Waals surface area contributed by atoms with Crippen molar-refractivity contribution in [2.24, 2.45) is 0 Å². The molecule has 1 aliphatic rings. The number of thioether (sulfide) groups is 1. The van der Waals surface area contributed by atoms with E-state index in [1.54, 1.807) is 17.8 Å². The maximum atomic E-state index is 11.7. The van der Waals surface area contributed by atoms with Gasteiger partial charge in [-0.3, -0.25) is 4.79 Å². The topological polar surface area (TPSA) is 29.1 Å². The van der Waals surface area contributed by atoms with E-state index < -0.39 is 0 Å². The Morgan fingerprint density at radius 2 is 2.14 bits per heavy atom. The lowest BCUT2D eigenvalue weighted by Gasteiger charge is -1.97. The van der Waals surface area contributed by atoms with Crippen molar-refractivity contribution in [3.05, 3.63) is 47.0 Å². The molecule has 1 fully saturated rings. The maximum Gasteiger partial charge on any atom is 0.188 e. The molecule has 3 heteroatoms. The number of ketones is 1. The molecule has 0 aliphatic carbocycles. The van der Waals surface area contributed by atoms with Gasteiger partial charge in [-0.25, -0.2) is 0 Å². The molecule has 72 valence electrons. The summed E-state index contributed by atoms with van der Waals surface area (Å²) in [5.41, 5.74) is 0.745. The van der Waals surface area contributed by atoms with Crippen molar-refractivity contribution in [1.82, 2.24) is 5.32 Å². The van der Waals surface area contributed by atoms with Crippen LogP contribution in [0.5, 0.6) is 0 Å². The molecule has 1 aromatic rings. The molecule has 14 heavy (non-hydrogen) atoms. The predicted octanol–water partition coefficient (Wildman–Crippen LogP) is 2.05. The van der Waals surface area contributed by atoms with E-state index in [1.807, 2.05) is 30.3 Å². The maximum absolute atomic E-state index is 11.7. The van der Waals surface area contributed by atoms with Crippen molar-refractivity contribution in [1.29, 1.82) is 0 Å². The van der Waals surface area contributed by atoms with Crippen LogP contribution in [0, 0.1) is 0 Å². The minimum absolute atomic E-state index is 0.0718.